The minimum atomic E-state index is -3.73. The van der Waals surface area contributed by atoms with Crippen molar-refractivity contribution >= 4 is 42.3 Å². The number of nitrogens with one attached hydrogen (secondary N) is 1. The molecule has 0 fully saturated rings. The fourth-order valence-electron chi connectivity index (χ4n) is 4.34. The van der Waals surface area contributed by atoms with Gasteiger partial charge in [0.1, 0.15) is 11.3 Å². The second-order valence-corrected chi connectivity index (χ2v) is 12.5. The average molecular weight is 543 g/mol. The molecule has 194 valence electrons. The predicted molar refractivity (Wildman–Crippen MR) is 142 cm³/mol. The van der Waals surface area contributed by atoms with E-state index in [1.807, 2.05) is 6.92 Å². The van der Waals surface area contributed by atoms with Crippen LogP contribution in [0.2, 0.25) is 0 Å². The van der Waals surface area contributed by atoms with Gasteiger partial charge in [0.15, 0.2) is 19.7 Å². The molecule has 0 atom stereocenters. The van der Waals surface area contributed by atoms with E-state index in [1.54, 1.807) is 31.2 Å². The van der Waals surface area contributed by atoms with Gasteiger partial charge in [-0.15, -0.1) is 0 Å². The highest BCUT2D eigenvalue weighted by Gasteiger charge is 2.26. The Kier molecular flexibility index (Phi) is 6.87. The summed E-state index contributed by atoms with van der Waals surface area (Å²) >= 11 is 0. The maximum Gasteiger partial charge on any atom is 0.336 e. The van der Waals surface area contributed by atoms with Gasteiger partial charge < -0.3 is 14.8 Å². The van der Waals surface area contributed by atoms with Crippen molar-refractivity contribution in [2.75, 3.05) is 30.9 Å². The van der Waals surface area contributed by atoms with Gasteiger partial charge in [0.2, 0.25) is 0 Å². The van der Waals surface area contributed by atoms with E-state index in [-0.39, 0.29) is 32.0 Å². The molecule has 2 aliphatic rings. The van der Waals surface area contributed by atoms with E-state index in [4.69, 9.17) is 4.42 Å². The van der Waals surface area contributed by atoms with Crippen molar-refractivity contribution in [3.8, 4) is 22.5 Å². The topological polar surface area (TPSA) is 143 Å². The van der Waals surface area contributed by atoms with Crippen LogP contribution in [0.25, 0.3) is 33.4 Å². The van der Waals surface area contributed by atoms with Crippen LogP contribution >= 0.6 is 0 Å². The van der Waals surface area contributed by atoms with Crippen LogP contribution in [0.1, 0.15) is 24.2 Å². The van der Waals surface area contributed by atoms with Crippen LogP contribution in [0.4, 0.5) is 5.69 Å². The fraction of sp³-hybridized carbons (Fsp3) is 0.231. The van der Waals surface area contributed by atoms with Crippen LogP contribution in [0.15, 0.2) is 67.7 Å². The van der Waals surface area contributed by atoms with E-state index in [0.717, 1.165) is 12.5 Å². The number of aromatic carboxylic acids is 1. The number of nitrogens with zero attached hydrogens (tertiary/aromatic N) is 1. The molecule has 2 aromatic rings. The van der Waals surface area contributed by atoms with Crippen molar-refractivity contribution in [2.45, 2.75) is 23.6 Å². The quantitative estimate of drug-likeness (QED) is 0.333. The highest BCUT2D eigenvalue weighted by molar-refractivity contribution is 7.91. The van der Waals surface area contributed by atoms with E-state index in [0.29, 0.717) is 40.9 Å². The predicted octanol–water partition coefficient (Wildman–Crippen LogP) is 4.06. The first-order valence-corrected chi connectivity index (χ1v) is 15.2. The molecule has 0 aromatic heterocycles. The molecule has 0 saturated heterocycles. The minimum Gasteiger partial charge on any atom is -0.478 e. The molecule has 2 N–H and O–H groups in total. The Bertz CT molecular complexity index is 1800. The number of carboxylic acid groups (broad SMARTS) is 1. The summed E-state index contributed by atoms with van der Waals surface area (Å²) in [5.74, 6) is -0.914. The zero-order chi connectivity index (χ0) is 27.1. The number of benzene rings is 3. The number of rotatable bonds is 7. The largest absolute Gasteiger partial charge is 0.478 e. The molecule has 1 aliphatic carbocycles. The van der Waals surface area contributed by atoms with Crippen molar-refractivity contribution < 1.29 is 31.2 Å². The Hall–Kier alpha value is -3.70. The molecule has 1 heterocycles. The van der Waals surface area contributed by atoms with E-state index >= 15 is 0 Å². The Morgan fingerprint density at radius 1 is 0.946 bits per heavy atom. The van der Waals surface area contributed by atoms with Gasteiger partial charge in [0.25, 0.3) is 0 Å². The number of carbonyl (C=O) groups is 1. The minimum absolute atomic E-state index is 0.00592. The van der Waals surface area contributed by atoms with Crippen molar-refractivity contribution in [1.29, 1.82) is 0 Å². The van der Waals surface area contributed by atoms with Crippen molar-refractivity contribution in [3.05, 3.63) is 59.5 Å². The van der Waals surface area contributed by atoms with Gasteiger partial charge in [0, 0.05) is 54.2 Å². The van der Waals surface area contributed by atoms with Crippen molar-refractivity contribution in [3.63, 3.8) is 0 Å². The molecule has 0 bridgehead atoms. The summed E-state index contributed by atoms with van der Waals surface area (Å²) in [7, 11) is -7.43. The maximum atomic E-state index is 12.7. The second-order valence-electron chi connectivity index (χ2n) is 8.54. The molecular formula is C26H26N2O7S2. The van der Waals surface area contributed by atoms with Crippen molar-refractivity contribution in [2.24, 2.45) is 4.99 Å². The Labute approximate surface area is 214 Å². The molecule has 0 unspecified atom stereocenters. The zero-order valence-electron chi connectivity index (χ0n) is 20.7. The molecular weight excluding hydrogens is 516 g/mol. The van der Waals surface area contributed by atoms with E-state index in [2.05, 4.69) is 10.3 Å². The van der Waals surface area contributed by atoms with Crippen molar-refractivity contribution in [1.82, 2.24) is 0 Å². The van der Waals surface area contributed by atoms with Gasteiger partial charge in [-0.05, 0) is 37.6 Å². The number of hydrogen-bond acceptors (Lipinski definition) is 8. The molecule has 37 heavy (non-hydrogen) atoms. The third-order valence-corrected chi connectivity index (χ3v) is 8.09. The molecule has 4 rings (SSSR count). The highest BCUT2D eigenvalue weighted by atomic mass is 32.2. The lowest BCUT2D eigenvalue weighted by Gasteiger charge is -2.19. The number of hydrogen-bond donors (Lipinski definition) is 2. The summed E-state index contributed by atoms with van der Waals surface area (Å²) < 4.78 is 57.0. The Morgan fingerprint density at radius 3 is 2.22 bits per heavy atom. The first kappa shape index (κ1) is 26.4. The fourth-order valence-corrected chi connectivity index (χ4v) is 6.03. The van der Waals surface area contributed by atoms with Crippen LogP contribution in [0.3, 0.4) is 0 Å². The number of anilines is 1. The summed E-state index contributed by atoms with van der Waals surface area (Å²) in [5.41, 5.74) is 1.54. The lowest BCUT2D eigenvalue weighted by Crippen LogP contribution is -2.16. The van der Waals surface area contributed by atoms with E-state index in [1.165, 1.54) is 24.3 Å². The van der Waals surface area contributed by atoms with Crippen LogP contribution in [-0.2, 0) is 19.7 Å². The van der Waals surface area contributed by atoms with Gasteiger partial charge in [0.05, 0.1) is 26.4 Å². The van der Waals surface area contributed by atoms with E-state index in [9.17, 15) is 26.7 Å². The first-order valence-electron chi connectivity index (χ1n) is 11.4. The smallest absolute Gasteiger partial charge is 0.336 e. The molecule has 0 saturated carbocycles. The Morgan fingerprint density at radius 2 is 1.62 bits per heavy atom. The molecule has 9 nitrogen and oxygen atoms in total. The standard InChI is InChI=1S/C26H26N2O7S2/c1-5-27-19-13-21-17(11-23(19)36(3,31)32)25(15-9-7-8-10-16(15)26(29)30)18-12-24(37(4,33)34)20(28-6-2)14-22(18)35-21/h7-14,27H,5-6H2,1-4H3,(H,29,30). The SMILES string of the molecule is CCN=c1cc2oc3cc(NCC)c(S(C)(=O)=O)cc3c(-c3ccccc3C(=O)O)c-2cc1S(C)(=O)=O. The summed E-state index contributed by atoms with van der Waals surface area (Å²) in [6, 6.07) is 12.2. The van der Waals surface area contributed by atoms with Gasteiger partial charge in [-0.3, -0.25) is 4.99 Å². The monoisotopic (exact) mass is 542 g/mol. The molecule has 0 spiro atoms. The summed E-state index contributed by atoms with van der Waals surface area (Å²) in [6.07, 6.45) is 2.15. The third kappa shape index (κ3) is 4.96. The average Bonchev–Trinajstić information content (AvgIpc) is 2.81. The second kappa shape index (κ2) is 9.64. The third-order valence-electron chi connectivity index (χ3n) is 5.82. The number of sulfone groups is 2. The van der Waals surface area contributed by atoms with Gasteiger partial charge in [-0.1, -0.05) is 18.2 Å². The van der Waals surface area contributed by atoms with Gasteiger partial charge in [-0.2, -0.15) is 0 Å². The summed E-state index contributed by atoms with van der Waals surface area (Å²) in [5, 5.41) is 13.5. The Balaban J connectivity index is 2.33. The van der Waals surface area contributed by atoms with Crippen LogP contribution in [0, 0.1) is 0 Å². The summed E-state index contributed by atoms with van der Waals surface area (Å²) in [6.45, 7) is 4.39. The number of fused-ring (bicyclic) bond motifs is 2. The lowest BCUT2D eigenvalue weighted by atomic mass is 9.90. The molecule has 2 aromatic carbocycles. The van der Waals surface area contributed by atoms with Gasteiger partial charge >= 0.3 is 5.97 Å². The van der Waals surface area contributed by atoms with Crippen LogP contribution in [-0.4, -0.2) is 53.5 Å². The van der Waals surface area contributed by atoms with Crippen LogP contribution in [0.5, 0.6) is 0 Å². The molecule has 0 amide bonds. The first-order chi connectivity index (χ1) is 17.4. The molecule has 1 aliphatic heterocycles. The molecule has 11 heteroatoms. The highest BCUT2D eigenvalue weighted by Crippen LogP contribution is 2.43. The molecule has 0 radical (unpaired) electrons. The normalized spacial score (nSPS) is 12.8. The van der Waals surface area contributed by atoms with E-state index < -0.39 is 25.6 Å². The number of carboxylic acids is 1. The lowest BCUT2D eigenvalue weighted by molar-refractivity contribution is 0.0697. The maximum absolute atomic E-state index is 12.7. The summed E-state index contributed by atoms with van der Waals surface area (Å²) in [4.78, 5) is 16.4. The van der Waals surface area contributed by atoms with Gasteiger partial charge in [-0.25, -0.2) is 21.6 Å². The van der Waals surface area contributed by atoms with Crippen LogP contribution < -0.4 is 10.7 Å². The zero-order valence-corrected chi connectivity index (χ0v) is 22.3.